The number of hydrogen-bond donors (Lipinski definition) is 1. The molecule has 1 aromatic heterocycles. The van der Waals surface area contributed by atoms with Gasteiger partial charge in [-0.2, -0.15) is 0 Å². The standard InChI is InChI=1S/C19H24N2O4S2/c1-19(2,3)20-27(23,24)17-11-13(5-6-15(17)25-4)18(22)21-9-7-16-14(12-21)8-10-26-16/h5-6,8,10-11,20H,7,9,12H2,1-4H3. The number of carbonyl (C=O) groups excluding carboxylic acids is 1. The first-order valence-electron chi connectivity index (χ1n) is 8.67. The molecule has 27 heavy (non-hydrogen) atoms. The van der Waals surface area contributed by atoms with E-state index >= 15 is 0 Å². The third-order valence-electron chi connectivity index (χ3n) is 4.24. The molecule has 146 valence electrons. The number of hydrogen-bond acceptors (Lipinski definition) is 5. The second-order valence-corrected chi connectivity index (χ2v) is 10.2. The Hall–Kier alpha value is -1.90. The Morgan fingerprint density at radius 3 is 2.67 bits per heavy atom. The van der Waals surface area contributed by atoms with Gasteiger partial charge in [0.2, 0.25) is 10.0 Å². The number of methoxy groups -OCH3 is 1. The lowest BCUT2D eigenvalue weighted by Gasteiger charge is -2.27. The minimum atomic E-state index is -3.83. The number of benzene rings is 1. The summed E-state index contributed by atoms with van der Waals surface area (Å²) >= 11 is 1.71. The van der Waals surface area contributed by atoms with Gasteiger partial charge in [0.1, 0.15) is 10.6 Å². The van der Waals surface area contributed by atoms with Crippen molar-refractivity contribution in [2.75, 3.05) is 13.7 Å². The molecule has 0 fully saturated rings. The van der Waals surface area contributed by atoms with Crippen LogP contribution < -0.4 is 9.46 Å². The first-order chi connectivity index (χ1) is 12.6. The monoisotopic (exact) mass is 408 g/mol. The summed E-state index contributed by atoms with van der Waals surface area (Å²) in [5.41, 5.74) is 0.852. The Morgan fingerprint density at radius 1 is 1.26 bits per heavy atom. The van der Waals surface area contributed by atoms with Crippen LogP contribution >= 0.6 is 11.3 Å². The molecule has 2 heterocycles. The van der Waals surface area contributed by atoms with Gasteiger partial charge >= 0.3 is 0 Å². The molecule has 6 nitrogen and oxygen atoms in total. The van der Waals surface area contributed by atoms with Crippen LogP contribution in [-0.4, -0.2) is 38.4 Å². The van der Waals surface area contributed by atoms with Crippen molar-refractivity contribution in [3.63, 3.8) is 0 Å². The number of sulfonamides is 1. The lowest BCUT2D eigenvalue weighted by atomic mass is 10.1. The summed E-state index contributed by atoms with van der Waals surface area (Å²) in [6.45, 7) is 6.46. The number of nitrogens with zero attached hydrogens (tertiary/aromatic N) is 1. The lowest BCUT2D eigenvalue weighted by molar-refractivity contribution is 0.0735. The molecule has 1 aliphatic heterocycles. The van der Waals surface area contributed by atoms with Crippen molar-refractivity contribution >= 4 is 27.3 Å². The van der Waals surface area contributed by atoms with E-state index in [4.69, 9.17) is 4.74 Å². The summed E-state index contributed by atoms with van der Waals surface area (Å²) in [4.78, 5) is 16.0. The molecule has 0 radical (unpaired) electrons. The van der Waals surface area contributed by atoms with E-state index in [0.717, 1.165) is 12.0 Å². The SMILES string of the molecule is COc1ccc(C(=O)N2CCc3sccc3C2)cc1S(=O)(=O)NC(C)(C)C. The van der Waals surface area contributed by atoms with Gasteiger partial charge in [0.25, 0.3) is 5.91 Å². The van der Waals surface area contributed by atoms with Gasteiger partial charge in [-0.1, -0.05) is 0 Å². The van der Waals surface area contributed by atoms with Crippen molar-refractivity contribution in [3.8, 4) is 5.75 Å². The third-order valence-corrected chi connectivity index (χ3v) is 7.04. The van der Waals surface area contributed by atoms with Crippen LogP contribution in [0.2, 0.25) is 0 Å². The number of ether oxygens (including phenoxy) is 1. The average molecular weight is 409 g/mol. The third kappa shape index (κ3) is 4.34. The molecule has 1 aliphatic rings. The van der Waals surface area contributed by atoms with E-state index in [-0.39, 0.29) is 16.6 Å². The number of fused-ring (bicyclic) bond motifs is 1. The van der Waals surface area contributed by atoms with E-state index in [1.54, 1.807) is 43.1 Å². The van der Waals surface area contributed by atoms with Crippen molar-refractivity contribution in [2.45, 2.75) is 44.2 Å². The smallest absolute Gasteiger partial charge is 0.254 e. The summed E-state index contributed by atoms with van der Waals surface area (Å²) in [5, 5.41) is 2.04. The Labute approximate surface area is 164 Å². The Morgan fingerprint density at radius 2 is 2.00 bits per heavy atom. The minimum Gasteiger partial charge on any atom is -0.495 e. The first kappa shape index (κ1) is 19.9. The van der Waals surface area contributed by atoms with Gasteiger partial charge in [0.15, 0.2) is 0 Å². The number of rotatable bonds is 4. The lowest BCUT2D eigenvalue weighted by Crippen LogP contribution is -2.40. The van der Waals surface area contributed by atoms with Gasteiger partial charge in [-0.05, 0) is 62.4 Å². The van der Waals surface area contributed by atoms with Gasteiger partial charge in [-0.3, -0.25) is 4.79 Å². The fraction of sp³-hybridized carbons (Fsp3) is 0.421. The quantitative estimate of drug-likeness (QED) is 0.844. The zero-order valence-electron chi connectivity index (χ0n) is 15.9. The molecule has 0 saturated heterocycles. The molecule has 0 unspecified atom stereocenters. The van der Waals surface area contributed by atoms with Gasteiger partial charge in [-0.25, -0.2) is 13.1 Å². The highest BCUT2D eigenvalue weighted by molar-refractivity contribution is 7.89. The maximum absolute atomic E-state index is 13.0. The van der Waals surface area contributed by atoms with E-state index in [9.17, 15) is 13.2 Å². The highest BCUT2D eigenvalue weighted by Gasteiger charge is 2.28. The minimum absolute atomic E-state index is 0.0287. The molecule has 1 N–H and O–H groups in total. The molecule has 0 aliphatic carbocycles. The van der Waals surface area contributed by atoms with Crippen LogP contribution in [0.5, 0.6) is 5.75 Å². The maximum Gasteiger partial charge on any atom is 0.254 e. The molecule has 0 atom stereocenters. The number of carbonyl (C=O) groups is 1. The highest BCUT2D eigenvalue weighted by atomic mass is 32.2. The second-order valence-electron chi connectivity index (χ2n) is 7.57. The maximum atomic E-state index is 13.0. The number of amides is 1. The predicted octanol–water partition coefficient (Wildman–Crippen LogP) is 3.03. The van der Waals surface area contributed by atoms with E-state index in [1.165, 1.54) is 24.1 Å². The molecular weight excluding hydrogens is 384 g/mol. The summed E-state index contributed by atoms with van der Waals surface area (Å²) in [6, 6.07) is 6.58. The number of thiophene rings is 1. The molecule has 8 heteroatoms. The van der Waals surface area contributed by atoms with Crippen LogP contribution in [0, 0.1) is 0 Å². The van der Waals surface area contributed by atoms with Gasteiger partial charge in [-0.15, -0.1) is 11.3 Å². The van der Waals surface area contributed by atoms with Crippen LogP contribution in [0.3, 0.4) is 0 Å². The highest BCUT2D eigenvalue weighted by Crippen LogP contribution is 2.29. The fourth-order valence-electron chi connectivity index (χ4n) is 3.08. The molecule has 3 rings (SSSR count). The van der Waals surface area contributed by atoms with Crippen molar-refractivity contribution in [1.29, 1.82) is 0 Å². The topological polar surface area (TPSA) is 75.7 Å². The molecule has 0 spiro atoms. The van der Waals surface area contributed by atoms with Crippen LogP contribution in [0.15, 0.2) is 34.5 Å². The normalized spacial score (nSPS) is 14.7. The zero-order chi connectivity index (χ0) is 19.8. The van der Waals surface area contributed by atoms with Crippen molar-refractivity contribution in [3.05, 3.63) is 45.6 Å². The van der Waals surface area contributed by atoms with E-state index in [1.807, 2.05) is 11.4 Å². The van der Waals surface area contributed by atoms with Crippen LogP contribution in [-0.2, 0) is 23.0 Å². The Bertz CT molecular complexity index is 958. The summed E-state index contributed by atoms with van der Waals surface area (Å²) in [6.07, 6.45) is 0.825. The molecule has 2 aromatic rings. The summed E-state index contributed by atoms with van der Waals surface area (Å²) < 4.78 is 33.4. The van der Waals surface area contributed by atoms with Crippen LogP contribution in [0.25, 0.3) is 0 Å². The summed E-state index contributed by atoms with van der Waals surface area (Å²) in [5.74, 6) is 0.0313. The second kappa shape index (κ2) is 7.26. The predicted molar refractivity (Wildman–Crippen MR) is 106 cm³/mol. The summed E-state index contributed by atoms with van der Waals surface area (Å²) in [7, 11) is -2.42. The Kier molecular flexibility index (Phi) is 5.33. The largest absolute Gasteiger partial charge is 0.495 e. The molecule has 1 aromatic carbocycles. The fourth-order valence-corrected chi connectivity index (χ4v) is 5.59. The van der Waals surface area contributed by atoms with Crippen LogP contribution in [0.4, 0.5) is 0 Å². The van der Waals surface area contributed by atoms with Gasteiger partial charge < -0.3 is 9.64 Å². The van der Waals surface area contributed by atoms with E-state index < -0.39 is 15.6 Å². The van der Waals surface area contributed by atoms with Gasteiger partial charge in [0, 0.05) is 29.1 Å². The van der Waals surface area contributed by atoms with E-state index in [2.05, 4.69) is 4.72 Å². The molecule has 0 saturated carbocycles. The van der Waals surface area contributed by atoms with Crippen molar-refractivity contribution < 1.29 is 17.9 Å². The molecule has 0 bridgehead atoms. The van der Waals surface area contributed by atoms with Crippen molar-refractivity contribution in [2.24, 2.45) is 0 Å². The average Bonchev–Trinajstić information content (AvgIpc) is 3.06. The van der Waals surface area contributed by atoms with E-state index in [0.29, 0.717) is 18.7 Å². The van der Waals surface area contributed by atoms with Gasteiger partial charge in [0.05, 0.1) is 7.11 Å². The van der Waals surface area contributed by atoms with Crippen LogP contribution in [0.1, 0.15) is 41.6 Å². The first-order valence-corrected chi connectivity index (χ1v) is 11.0. The molecule has 1 amide bonds. The van der Waals surface area contributed by atoms with Crippen molar-refractivity contribution in [1.82, 2.24) is 9.62 Å². The number of nitrogens with one attached hydrogen (secondary N) is 1. The Balaban J connectivity index is 1.92. The zero-order valence-corrected chi connectivity index (χ0v) is 17.5. The molecular formula is C19H24N2O4S2.